The summed E-state index contributed by atoms with van der Waals surface area (Å²) < 4.78 is 46.6. The van der Waals surface area contributed by atoms with E-state index in [2.05, 4.69) is 10.4 Å². The highest BCUT2D eigenvalue weighted by molar-refractivity contribution is 6.33. The van der Waals surface area contributed by atoms with Crippen molar-refractivity contribution in [2.75, 3.05) is 12.0 Å². The standard InChI is InChI=1S/C43H35Cl2F3N4O8/c44-25-10-8-23(9-11-25)42-31(39(57)52(41(42)59)50-37-32(45)17-24(20-49-37)43(46,47)48)19-30-27(14-15-29-35(30)40(58)51(38(29)56)16-4-7-34(54)55)36(42)28-13-12-26(18-33(28)53)60-21-22-5-2-1-3-6-22/h1-3,5-6,8-14,17-18,20,29-31,35-36,53H,4,7,15-16,19,21H2,(H,49,50)(H,54,55). The first-order valence-corrected chi connectivity index (χ1v) is 19.8. The molecule has 3 heterocycles. The number of nitrogens with zero attached hydrogens (tertiary/aromatic N) is 3. The highest BCUT2D eigenvalue weighted by Crippen LogP contribution is 2.65. The molecule has 4 amide bonds. The Labute approximate surface area is 350 Å². The topological polar surface area (TPSA) is 166 Å². The number of pyridine rings is 1. The number of likely N-dealkylation sites (tertiary alicyclic amines) is 1. The molecule has 60 heavy (non-hydrogen) atoms. The second-order valence-corrected chi connectivity index (χ2v) is 16.1. The minimum Gasteiger partial charge on any atom is -0.508 e. The molecule has 4 aromatic rings. The molecule has 2 aliphatic carbocycles. The maximum Gasteiger partial charge on any atom is 0.417 e. The monoisotopic (exact) mass is 862 g/mol. The maximum absolute atomic E-state index is 15.4. The number of hydrogen-bond acceptors (Lipinski definition) is 9. The van der Waals surface area contributed by atoms with E-state index in [0.717, 1.165) is 10.5 Å². The number of imide groups is 2. The molecule has 2 saturated heterocycles. The summed E-state index contributed by atoms with van der Waals surface area (Å²) in [5.41, 5.74) is 1.42. The molecule has 310 valence electrons. The number of hydrogen-bond donors (Lipinski definition) is 3. The first-order chi connectivity index (χ1) is 28.6. The Hall–Kier alpha value is -5.93. The van der Waals surface area contributed by atoms with Gasteiger partial charge in [-0.15, -0.1) is 0 Å². The molecule has 6 atom stereocenters. The number of carbonyl (C=O) groups excluding carboxylic acids is 4. The van der Waals surface area contributed by atoms with Crippen molar-refractivity contribution >= 4 is 58.6 Å². The van der Waals surface area contributed by atoms with E-state index in [1.165, 1.54) is 18.2 Å². The van der Waals surface area contributed by atoms with Gasteiger partial charge in [0, 0.05) is 41.7 Å². The molecule has 6 unspecified atom stereocenters. The number of carbonyl (C=O) groups is 5. The van der Waals surface area contributed by atoms with E-state index >= 15 is 4.79 Å². The molecule has 0 radical (unpaired) electrons. The van der Waals surface area contributed by atoms with Crippen LogP contribution < -0.4 is 10.2 Å². The minimum absolute atomic E-state index is 0.0306. The second kappa shape index (κ2) is 15.6. The highest BCUT2D eigenvalue weighted by Gasteiger charge is 2.70. The summed E-state index contributed by atoms with van der Waals surface area (Å²) in [5, 5.41) is 21.6. The fraction of sp³-hybridized carbons (Fsp3) is 0.302. The van der Waals surface area contributed by atoms with Gasteiger partial charge in [-0.25, -0.2) is 4.98 Å². The van der Waals surface area contributed by atoms with Gasteiger partial charge in [0.25, 0.3) is 11.8 Å². The first-order valence-electron chi connectivity index (χ1n) is 19.0. The lowest BCUT2D eigenvalue weighted by atomic mass is 9.49. The van der Waals surface area contributed by atoms with Gasteiger partial charge in [-0.1, -0.05) is 83.4 Å². The van der Waals surface area contributed by atoms with Crippen LogP contribution in [0.3, 0.4) is 0 Å². The molecule has 0 spiro atoms. The van der Waals surface area contributed by atoms with Gasteiger partial charge in [-0.2, -0.15) is 18.2 Å². The Morgan fingerprint density at radius 2 is 1.68 bits per heavy atom. The van der Waals surface area contributed by atoms with Crippen molar-refractivity contribution in [3.05, 3.63) is 129 Å². The number of aromatic nitrogens is 1. The first kappa shape index (κ1) is 40.8. The number of anilines is 1. The van der Waals surface area contributed by atoms with Crippen LogP contribution in [0.2, 0.25) is 10.0 Å². The normalized spacial score (nSPS) is 24.8. The lowest BCUT2D eigenvalue weighted by Crippen LogP contribution is -2.53. The van der Waals surface area contributed by atoms with Crippen LogP contribution in [0.5, 0.6) is 11.5 Å². The van der Waals surface area contributed by atoms with Gasteiger partial charge in [0.2, 0.25) is 11.8 Å². The zero-order valence-corrected chi connectivity index (χ0v) is 32.9. The van der Waals surface area contributed by atoms with Gasteiger partial charge in [-0.3, -0.25) is 34.3 Å². The smallest absolute Gasteiger partial charge is 0.417 e. The number of ether oxygens (including phenoxy) is 1. The van der Waals surface area contributed by atoms with Crippen LogP contribution in [0.25, 0.3) is 0 Å². The van der Waals surface area contributed by atoms with Crippen LogP contribution in [0, 0.1) is 23.7 Å². The summed E-state index contributed by atoms with van der Waals surface area (Å²) in [6.07, 6.45) is -2.80. The van der Waals surface area contributed by atoms with Crippen LogP contribution in [0.1, 0.15) is 53.9 Å². The number of hydrazine groups is 1. The van der Waals surface area contributed by atoms with Crippen molar-refractivity contribution in [2.45, 2.75) is 49.8 Å². The summed E-state index contributed by atoms with van der Waals surface area (Å²) in [6, 6.07) is 20.7. The average molecular weight is 864 g/mol. The number of alkyl halides is 3. The Bertz CT molecular complexity index is 2450. The molecule has 3 aromatic carbocycles. The van der Waals surface area contributed by atoms with E-state index < -0.39 is 87.2 Å². The Morgan fingerprint density at radius 3 is 2.35 bits per heavy atom. The number of amides is 4. The van der Waals surface area contributed by atoms with Crippen molar-refractivity contribution in [3.63, 3.8) is 0 Å². The number of fused-ring (bicyclic) bond motifs is 4. The Balaban J connectivity index is 1.27. The van der Waals surface area contributed by atoms with Crippen molar-refractivity contribution < 1.29 is 52.1 Å². The van der Waals surface area contributed by atoms with E-state index in [0.29, 0.717) is 33.4 Å². The molecular weight excluding hydrogens is 828 g/mol. The van der Waals surface area contributed by atoms with Crippen molar-refractivity contribution in [1.29, 1.82) is 0 Å². The van der Waals surface area contributed by atoms with Gasteiger partial charge in [0.05, 0.1) is 33.8 Å². The number of aromatic hydroxyl groups is 1. The number of halogens is 5. The highest BCUT2D eigenvalue weighted by atomic mass is 35.5. The lowest BCUT2D eigenvalue weighted by molar-refractivity contribution is -0.142. The summed E-state index contributed by atoms with van der Waals surface area (Å²) in [7, 11) is 0. The largest absolute Gasteiger partial charge is 0.508 e. The third-order valence-electron chi connectivity index (χ3n) is 12.0. The number of carboxylic acids is 1. The summed E-state index contributed by atoms with van der Waals surface area (Å²) in [5.74, 6) is -9.31. The number of benzene rings is 3. The predicted molar refractivity (Wildman–Crippen MR) is 209 cm³/mol. The molecule has 3 N–H and O–H groups in total. The summed E-state index contributed by atoms with van der Waals surface area (Å²) in [4.78, 5) is 74.5. The maximum atomic E-state index is 15.4. The predicted octanol–water partition coefficient (Wildman–Crippen LogP) is 7.54. The van der Waals surface area contributed by atoms with Crippen LogP contribution in [0.4, 0.5) is 19.0 Å². The lowest BCUT2D eigenvalue weighted by Gasteiger charge is -2.50. The van der Waals surface area contributed by atoms with Crippen LogP contribution >= 0.6 is 23.2 Å². The zero-order chi connectivity index (χ0) is 42.7. The van der Waals surface area contributed by atoms with Gasteiger partial charge in [-0.05, 0) is 60.6 Å². The van der Waals surface area contributed by atoms with Crippen molar-refractivity contribution in [3.8, 4) is 11.5 Å². The second-order valence-electron chi connectivity index (χ2n) is 15.2. The van der Waals surface area contributed by atoms with Crippen LogP contribution in [0.15, 0.2) is 96.7 Å². The third kappa shape index (κ3) is 6.92. The molecule has 3 fully saturated rings. The minimum atomic E-state index is -4.79. The Morgan fingerprint density at radius 1 is 0.950 bits per heavy atom. The number of carboxylic acid groups (broad SMARTS) is 1. The molecule has 12 nitrogen and oxygen atoms in total. The number of rotatable bonds is 11. The van der Waals surface area contributed by atoms with Crippen molar-refractivity contribution in [2.24, 2.45) is 23.7 Å². The van der Waals surface area contributed by atoms with Crippen LogP contribution in [-0.2, 0) is 42.2 Å². The number of allylic oxidation sites excluding steroid dienone is 2. The third-order valence-corrected chi connectivity index (χ3v) is 12.5. The molecule has 8 rings (SSSR count). The van der Waals surface area contributed by atoms with Gasteiger partial charge >= 0.3 is 12.1 Å². The SMILES string of the molecule is O=C(O)CCCN1C(=O)C2CC=C3C(CC4C(=O)N(Nc5ncc(C(F)(F)F)cc5Cl)C(=O)C4(c4ccc(Cl)cc4)C3c3ccc(OCc4ccccc4)cc3O)C2C1=O. The van der Waals surface area contributed by atoms with Crippen LogP contribution in [-0.4, -0.2) is 61.2 Å². The fourth-order valence-corrected chi connectivity index (χ4v) is 9.73. The molecule has 1 saturated carbocycles. The number of nitrogens with one attached hydrogen (secondary N) is 1. The summed E-state index contributed by atoms with van der Waals surface area (Å²) >= 11 is 12.6. The fourth-order valence-electron chi connectivity index (χ4n) is 9.40. The molecule has 17 heteroatoms. The molecule has 0 bridgehead atoms. The molecular formula is C43H35Cl2F3N4O8. The van der Waals surface area contributed by atoms with Crippen molar-refractivity contribution in [1.82, 2.24) is 14.9 Å². The molecule has 2 aliphatic heterocycles. The Kier molecular flexibility index (Phi) is 10.6. The quantitative estimate of drug-likeness (QED) is 0.101. The van der Waals surface area contributed by atoms with E-state index in [9.17, 15) is 42.6 Å². The van der Waals surface area contributed by atoms with E-state index in [-0.39, 0.29) is 55.9 Å². The number of phenolic OH excluding ortho intramolecular Hbond substituents is 1. The summed E-state index contributed by atoms with van der Waals surface area (Å²) in [6.45, 7) is 0.0469. The van der Waals surface area contributed by atoms with E-state index in [1.54, 1.807) is 30.3 Å². The van der Waals surface area contributed by atoms with Gasteiger partial charge in [0.15, 0.2) is 5.82 Å². The molecule has 4 aliphatic rings. The number of aliphatic carboxylic acids is 1. The molecule has 1 aromatic heterocycles. The zero-order valence-electron chi connectivity index (χ0n) is 31.4. The van der Waals surface area contributed by atoms with E-state index in [1.807, 2.05) is 30.3 Å². The van der Waals surface area contributed by atoms with Gasteiger partial charge < -0.3 is 14.9 Å². The number of phenols is 1. The average Bonchev–Trinajstić information content (AvgIpc) is 3.58. The van der Waals surface area contributed by atoms with E-state index in [4.69, 9.17) is 27.9 Å². The van der Waals surface area contributed by atoms with Gasteiger partial charge in [0.1, 0.15) is 18.1 Å².